The molecular weight excluding hydrogens is 697 g/mol. The summed E-state index contributed by atoms with van der Waals surface area (Å²) >= 11 is 0. The van der Waals surface area contributed by atoms with Crippen LogP contribution < -0.4 is 4.74 Å². The Labute approximate surface area is 300 Å². The summed E-state index contributed by atoms with van der Waals surface area (Å²) in [7, 11) is -6.28. The van der Waals surface area contributed by atoms with Gasteiger partial charge in [-0.1, -0.05) is 51.9 Å². The lowest BCUT2D eigenvalue weighted by Gasteiger charge is -2.23. The van der Waals surface area contributed by atoms with Crippen molar-refractivity contribution in [3.05, 3.63) is 83.6 Å². The lowest BCUT2D eigenvalue weighted by atomic mass is 9.92. The molecule has 0 amide bonds. The number of sulfone groups is 2. The van der Waals surface area contributed by atoms with Crippen molar-refractivity contribution in [3.8, 4) is 11.5 Å². The molecule has 14 heteroatoms. The SMILES string of the molecule is CC(C)(C)c1cc(CC(=O)C(C)(C)S(=O)(=O)c2ccc(O)cc2)no1.COc1ccc(S(=O)(=O)C(C)(C)C(=O)Cc2cc(C(C)(C)C)on2)cc1. The van der Waals surface area contributed by atoms with Gasteiger partial charge in [0, 0.05) is 23.0 Å². The quantitative estimate of drug-likeness (QED) is 0.179. The van der Waals surface area contributed by atoms with Crippen molar-refractivity contribution in [2.75, 3.05) is 7.11 Å². The minimum atomic E-state index is -3.92. The summed E-state index contributed by atoms with van der Waals surface area (Å²) in [5.41, 5.74) is 0.350. The number of hydrogen-bond donors (Lipinski definition) is 1. The molecule has 4 rings (SSSR count). The van der Waals surface area contributed by atoms with Gasteiger partial charge in [0.15, 0.2) is 31.2 Å². The average Bonchev–Trinajstić information content (AvgIpc) is 3.72. The van der Waals surface area contributed by atoms with Crippen LogP contribution >= 0.6 is 0 Å². The summed E-state index contributed by atoms with van der Waals surface area (Å²) in [4.78, 5) is 25.5. The summed E-state index contributed by atoms with van der Waals surface area (Å²) in [6, 6.07) is 14.5. The molecule has 1 N–H and O–H groups in total. The molecule has 0 spiro atoms. The maximum atomic E-state index is 12.9. The number of carbonyl (C=O) groups is 2. The predicted octanol–water partition coefficient (Wildman–Crippen LogP) is 6.39. The fourth-order valence-corrected chi connectivity index (χ4v) is 7.43. The van der Waals surface area contributed by atoms with Crippen molar-refractivity contribution >= 4 is 31.2 Å². The van der Waals surface area contributed by atoms with Gasteiger partial charge in [-0.05, 0) is 76.2 Å². The molecule has 0 atom stereocenters. The van der Waals surface area contributed by atoms with Crippen LogP contribution in [0.2, 0.25) is 0 Å². The number of ether oxygens (including phenoxy) is 1. The Hall–Kier alpha value is -4.30. The van der Waals surface area contributed by atoms with Crippen molar-refractivity contribution in [1.29, 1.82) is 0 Å². The topological polar surface area (TPSA) is 184 Å². The molecule has 4 aromatic rings. The maximum Gasteiger partial charge on any atom is 0.190 e. The maximum absolute atomic E-state index is 12.9. The molecule has 2 heterocycles. The zero-order valence-electron chi connectivity index (χ0n) is 31.0. The minimum Gasteiger partial charge on any atom is -0.508 e. The number of benzene rings is 2. The molecule has 0 saturated heterocycles. The third-order valence-electron chi connectivity index (χ3n) is 8.48. The Bertz CT molecular complexity index is 2060. The van der Waals surface area contributed by atoms with E-state index in [0.29, 0.717) is 28.7 Å². The van der Waals surface area contributed by atoms with Gasteiger partial charge >= 0.3 is 0 Å². The molecule has 0 saturated carbocycles. The highest BCUT2D eigenvalue weighted by atomic mass is 32.2. The lowest BCUT2D eigenvalue weighted by molar-refractivity contribution is -0.121. The minimum absolute atomic E-state index is 0.0146. The fraction of sp³-hybridized carbons (Fsp3) is 0.459. The molecule has 0 aliphatic heterocycles. The van der Waals surface area contributed by atoms with E-state index in [2.05, 4.69) is 10.3 Å². The molecule has 2 aromatic carbocycles. The Morgan fingerprint density at radius 3 is 1.25 bits per heavy atom. The monoisotopic (exact) mass is 744 g/mol. The highest BCUT2D eigenvalue weighted by Gasteiger charge is 2.44. The van der Waals surface area contributed by atoms with Gasteiger partial charge in [0.05, 0.1) is 41.1 Å². The first-order valence-corrected chi connectivity index (χ1v) is 19.1. The number of Topliss-reactive ketones (excluding diaryl/α,β-unsaturated/α-hetero) is 2. The van der Waals surface area contributed by atoms with E-state index < -0.39 is 40.7 Å². The largest absolute Gasteiger partial charge is 0.508 e. The Morgan fingerprint density at radius 2 is 0.961 bits per heavy atom. The number of nitrogens with zero attached hydrogens (tertiary/aromatic N) is 2. The Balaban J connectivity index is 0.000000276. The second-order valence-corrected chi connectivity index (χ2v) is 20.3. The lowest BCUT2D eigenvalue weighted by Crippen LogP contribution is -2.41. The van der Waals surface area contributed by atoms with Crippen molar-refractivity contribution in [2.24, 2.45) is 0 Å². The molecule has 0 aliphatic rings. The van der Waals surface area contributed by atoms with Gasteiger partial charge in [-0.3, -0.25) is 9.59 Å². The van der Waals surface area contributed by atoms with Crippen LogP contribution in [0.25, 0.3) is 0 Å². The van der Waals surface area contributed by atoms with Crippen LogP contribution in [0.3, 0.4) is 0 Å². The highest BCUT2D eigenvalue weighted by molar-refractivity contribution is 7.94. The highest BCUT2D eigenvalue weighted by Crippen LogP contribution is 2.31. The van der Waals surface area contributed by atoms with Gasteiger partial charge in [-0.15, -0.1) is 0 Å². The van der Waals surface area contributed by atoms with Crippen LogP contribution in [-0.4, -0.2) is 60.4 Å². The van der Waals surface area contributed by atoms with Gasteiger partial charge < -0.3 is 18.9 Å². The van der Waals surface area contributed by atoms with E-state index in [1.165, 1.54) is 71.2 Å². The number of aromatic nitrogens is 2. The van der Waals surface area contributed by atoms with Gasteiger partial charge in [-0.25, -0.2) is 16.8 Å². The van der Waals surface area contributed by atoms with Crippen molar-refractivity contribution in [3.63, 3.8) is 0 Å². The number of hydrogen-bond acceptors (Lipinski definition) is 12. The van der Waals surface area contributed by atoms with Crippen LogP contribution in [0.15, 0.2) is 79.5 Å². The van der Waals surface area contributed by atoms with Gasteiger partial charge in [-0.2, -0.15) is 0 Å². The third kappa shape index (κ3) is 9.14. The molecule has 2 aromatic heterocycles. The number of carbonyl (C=O) groups excluding carboxylic acids is 2. The molecule has 0 radical (unpaired) electrons. The van der Waals surface area contributed by atoms with Crippen LogP contribution in [0.1, 0.15) is 92.1 Å². The second-order valence-electron chi connectivity index (χ2n) is 15.3. The zero-order chi connectivity index (χ0) is 38.8. The number of aromatic hydroxyl groups is 1. The summed E-state index contributed by atoms with van der Waals surface area (Å²) in [6.45, 7) is 17.4. The normalized spacial score (nSPS) is 12.9. The Morgan fingerprint density at radius 1 is 0.627 bits per heavy atom. The van der Waals surface area contributed by atoms with E-state index in [0.717, 1.165) is 0 Å². The van der Waals surface area contributed by atoms with Crippen LogP contribution in [0, 0.1) is 0 Å². The molecular formula is C37H48N2O10S2. The first-order valence-electron chi connectivity index (χ1n) is 16.2. The molecule has 0 unspecified atom stereocenters. The first kappa shape index (κ1) is 41.1. The average molecular weight is 745 g/mol. The summed E-state index contributed by atoms with van der Waals surface area (Å²) in [5, 5.41) is 17.1. The number of phenols is 1. The zero-order valence-corrected chi connectivity index (χ0v) is 32.7. The third-order valence-corrected chi connectivity index (χ3v) is 13.4. The van der Waals surface area contributed by atoms with Crippen LogP contribution in [-0.2, 0) is 52.9 Å². The van der Waals surface area contributed by atoms with E-state index >= 15 is 0 Å². The number of rotatable bonds is 11. The summed E-state index contributed by atoms with van der Waals surface area (Å²) in [5.74, 6) is 0.868. The number of methoxy groups -OCH3 is 1. The standard InChI is InChI=1S/C19H25NO5S.C18H23NO5S/c1-18(2,3)17-12-13(20-25-17)11-16(21)19(4,5)26(22,23)15-9-7-14(24-6)8-10-15;1-17(2,3)16-11-12(19-24-16)10-15(21)18(4,5)25(22,23)14-8-6-13(20)7-9-14/h7-10,12H,11H2,1-6H3;6-9,11,20H,10H2,1-5H3. The van der Waals surface area contributed by atoms with Crippen LogP contribution in [0.5, 0.6) is 11.5 Å². The second kappa shape index (κ2) is 14.7. The molecule has 12 nitrogen and oxygen atoms in total. The van der Waals surface area contributed by atoms with Gasteiger partial charge in [0.1, 0.15) is 32.5 Å². The van der Waals surface area contributed by atoms with Gasteiger partial charge in [0.2, 0.25) is 0 Å². The molecule has 51 heavy (non-hydrogen) atoms. The Kier molecular flexibility index (Phi) is 11.9. The summed E-state index contributed by atoms with van der Waals surface area (Å²) in [6.07, 6.45) is -0.244. The number of phenolic OH excluding ortho intramolecular Hbond substituents is 1. The molecule has 0 fully saturated rings. The first-order chi connectivity index (χ1) is 23.2. The van der Waals surface area contributed by atoms with E-state index in [4.69, 9.17) is 13.8 Å². The van der Waals surface area contributed by atoms with Crippen molar-refractivity contribution in [1.82, 2.24) is 10.3 Å². The molecule has 278 valence electrons. The van der Waals surface area contributed by atoms with Gasteiger partial charge in [0.25, 0.3) is 0 Å². The summed E-state index contributed by atoms with van der Waals surface area (Å²) < 4.78 is 63.9. The van der Waals surface area contributed by atoms with E-state index in [-0.39, 0.29) is 39.2 Å². The smallest absolute Gasteiger partial charge is 0.190 e. The van der Waals surface area contributed by atoms with E-state index in [1.807, 2.05) is 41.5 Å². The van der Waals surface area contributed by atoms with Crippen molar-refractivity contribution < 1.29 is 45.3 Å². The predicted molar refractivity (Wildman–Crippen MR) is 191 cm³/mol. The fourth-order valence-electron chi connectivity index (χ4n) is 4.52. The number of ketones is 2. The van der Waals surface area contributed by atoms with E-state index in [9.17, 15) is 31.5 Å². The van der Waals surface area contributed by atoms with Crippen molar-refractivity contribution in [2.45, 2.75) is 112 Å². The van der Waals surface area contributed by atoms with Crippen LogP contribution in [0.4, 0.5) is 0 Å². The molecule has 0 aliphatic carbocycles. The van der Waals surface area contributed by atoms with E-state index in [1.54, 1.807) is 24.3 Å². The molecule has 0 bridgehead atoms.